The molecule has 94 valence electrons. The number of imidazole rings is 1. The van der Waals surface area contributed by atoms with Crippen molar-refractivity contribution in [2.45, 2.75) is 39.3 Å². The number of aromatic amines is 1. The van der Waals surface area contributed by atoms with Gasteiger partial charge in [-0.3, -0.25) is 4.79 Å². The van der Waals surface area contributed by atoms with E-state index in [9.17, 15) is 4.79 Å². The Bertz CT molecular complexity index is 388. The zero-order valence-electron chi connectivity index (χ0n) is 10.5. The highest BCUT2D eigenvalue weighted by Crippen LogP contribution is 2.09. The summed E-state index contributed by atoms with van der Waals surface area (Å²) in [6.45, 7) is 6.52. The molecule has 0 saturated carbocycles. The zero-order chi connectivity index (χ0) is 12.3. The van der Waals surface area contributed by atoms with Gasteiger partial charge in [-0.05, 0) is 20.3 Å². The monoisotopic (exact) mass is 236 g/mol. The third kappa shape index (κ3) is 3.30. The van der Waals surface area contributed by atoms with Crippen molar-refractivity contribution in [1.29, 1.82) is 0 Å². The van der Waals surface area contributed by atoms with E-state index in [2.05, 4.69) is 22.2 Å². The lowest BCUT2D eigenvalue weighted by atomic mass is 10.3. The van der Waals surface area contributed by atoms with Crippen LogP contribution in [-0.2, 0) is 11.3 Å². The highest BCUT2D eigenvalue weighted by Gasteiger charge is 2.21. The van der Waals surface area contributed by atoms with Crippen LogP contribution in [0.15, 0.2) is 6.20 Å². The Hall–Kier alpha value is -1.36. The maximum absolute atomic E-state index is 11.5. The lowest BCUT2D eigenvalue weighted by Gasteiger charge is -2.21. The Morgan fingerprint density at radius 3 is 3.06 bits per heavy atom. The molecule has 2 N–H and O–H groups in total. The molecule has 1 saturated heterocycles. The van der Waals surface area contributed by atoms with Gasteiger partial charge in [0.15, 0.2) is 0 Å². The third-order valence-corrected chi connectivity index (χ3v) is 3.06. The number of carbonyl (C=O) groups excluding carboxylic acids is 1. The van der Waals surface area contributed by atoms with Crippen LogP contribution in [0.2, 0.25) is 0 Å². The summed E-state index contributed by atoms with van der Waals surface area (Å²) in [6, 6.07) is 0.306. The Labute approximate surface area is 102 Å². The third-order valence-electron chi connectivity index (χ3n) is 3.06. The number of aromatic nitrogens is 2. The number of nitrogens with one attached hydrogen (secondary N) is 2. The van der Waals surface area contributed by atoms with Gasteiger partial charge in [0.1, 0.15) is 5.82 Å². The van der Waals surface area contributed by atoms with Gasteiger partial charge in [-0.15, -0.1) is 0 Å². The maximum Gasteiger partial charge on any atom is 0.222 e. The molecule has 17 heavy (non-hydrogen) atoms. The van der Waals surface area contributed by atoms with Gasteiger partial charge in [-0.1, -0.05) is 0 Å². The van der Waals surface area contributed by atoms with E-state index in [1.165, 1.54) is 0 Å². The fourth-order valence-corrected chi connectivity index (χ4v) is 2.14. The van der Waals surface area contributed by atoms with Crippen molar-refractivity contribution in [3.63, 3.8) is 0 Å². The van der Waals surface area contributed by atoms with Crippen molar-refractivity contribution in [2.75, 3.05) is 13.1 Å². The van der Waals surface area contributed by atoms with Gasteiger partial charge in [0.05, 0.1) is 0 Å². The first kappa shape index (κ1) is 12.1. The number of hydrogen-bond donors (Lipinski definition) is 2. The number of carbonyl (C=O) groups is 1. The molecule has 0 aliphatic carbocycles. The number of likely N-dealkylation sites (tertiary alicyclic amines) is 1. The molecule has 0 aromatic carbocycles. The zero-order valence-corrected chi connectivity index (χ0v) is 10.5. The predicted molar refractivity (Wildman–Crippen MR) is 65.4 cm³/mol. The number of hydrogen-bond acceptors (Lipinski definition) is 3. The second-order valence-electron chi connectivity index (χ2n) is 4.72. The average molecular weight is 236 g/mol. The van der Waals surface area contributed by atoms with E-state index in [1.54, 1.807) is 0 Å². The van der Waals surface area contributed by atoms with Gasteiger partial charge in [0.2, 0.25) is 5.91 Å². The number of H-pyrrole nitrogens is 1. The van der Waals surface area contributed by atoms with Crippen LogP contribution in [0, 0.1) is 6.92 Å². The molecule has 0 spiro atoms. The van der Waals surface area contributed by atoms with E-state index in [1.807, 2.05) is 18.0 Å². The van der Waals surface area contributed by atoms with Gasteiger partial charge < -0.3 is 15.2 Å². The molecule has 2 heterocycles. The van der Waals surface area contributed by atoms with Crippen molar-refractivity contribution >= 4 is 5.91 Å². The number of nitrogens with zero attached hydrogens (tertiary/aromatic N) is 2. The molecule has 1 aromatic heterocycles. The quantitative estimate of drug-likeness (QED) is 0.795. The molecule has 1 fully saturated rings. The lowest BCUT2D eigenvalue weighted by Crippen LogP contribution is -2.39. The SMILES string of the molecule is Cc1ncc(CNC(C)CN2CCCC2=O)[nH]1. The topological polar surface area (TPSA) is 61.0 Å². The van der Waals surface area contributed by atoms with Crippen LogP contribution in [-0.4, -0.2) is 39.9 Å². The second-order valence-corrected chi connectivity index (χ2v) is 4.72. The van der Waals surface area contributed by atoms with Crippen LogP contribution in [0.25, 0.3) is 0 Å². The molecule has 0 radical (unpaired) electrons. The van der Waals surface area contributed by atoms with Crippen molar-refractivity contribution in [3.05, 3.63) is 17.7 Å². The Morgan fingerprint density at radius 1 is 1.65 bits per heavy atom. The van der Waals surface area contributed by atoms with E-state index < -0.39 is 0 Å². The predicted octanol–water partition coefficient (Wildman–Crippen LogP) is 0.819. The molecule has 1 aromatic rings. The van der Waals surface area contributed by atoms with Crippen LogP contribution in [0.4, 0.5) is 0 Å². The summed E-state index contributed by atoms with van der Waals surface area (Å²) in [5.74, 6) is 1.22. The van der Waals surface area contributed by atoms with E-state index >= 15 is 0 Å². The standard InChI is InChI=1S/C12H20N4O/c1-9(8-16-5-3-4-12(16)17)13-6-11-7-14-10(2)15-11/h7,9,13H,3-6,8H2,1-2H3,(H,14,15). The van der Waals surface area contributed by atoms with E-state index in [4.69, 9.17) is 0 Å². The Morgan fingerprint density at radius 2 is 2.47 bits per heavy atom. The minimum Gasteiger partial charge on any atom is -0.345 e. The minimum atomic E-state index is 0.288. The molecule has 1 aliphatic rings. The van der Waals surface area contributed by atoms with Gasteiger partial charge in [0, 0.05) is 44.0 Å². The van der Waals surface area contributed by atoms with Crippen LogP contribution < -0.4 is 5.32 Å². The van der Waals surface area contributed by atoms with Gasteiger partial charge >= 0.3 is 0 Å². The van der Waals surface area contributed by atoms with Crippen molar-refractivity contribution < 1.29 is 4.79 Å². The van der Waals surface area contributed by atoms with Crippen molar-refractivity contribution in [1.82, 2.24) is 20.2 Å². The van der Waals surface area contributed by atoms with Gasteiger partial charge in [0.25, 0.3) is 0 Å². The van der Waals surface area contributed by atoms with Crippen LogP contribution in [0.3, 0.4) is 0 Å². The van der Waals surface area contributed by atoms with E-state index in [0.717, 1.165) is 37.6 Å². The highest BCUT2D eigenvalue weighted by molar-refractivity contribution is 5.78. The molecule has 1 unspecified atom stereocenters. The van der Waals surface area contributed by atoms with Crippen LogP contribution in [0.5, 0.6) is 0 Å². The molecule has 5 heteroatoms. The normalized spacial score (nSPS) is 17.8. The van der Waals surface area contributed by atoms with Crippen molar-refractivity contribution in [2.24, 2.45) is 0 Å². The first-order valence-corrected chi connectivity index (χ1v) is 6.17. The summed E-state index contributed by atoms with van der Waals surface area (Å²) in [5.41, 5.74) is 1.09. The first-order valence-electron chi connectivity index (χ1n) is 6.17. The summed E-state index contributed by atoms with van der Waals surface area (Å²) >= 11 is 0. The highest BCUT2D eigenvalue weighted by atomic mass is 16.2. The molecular weight excluding hydrogens is 216 g/mol. The van der Waals surface area contributed by atoms with Crippen LogP contribution in [0.1, 0.15) is 31.3 Å². The average Bonchev–Trinajstić information content (AvgIpc) is 2.86. The summed E-state index contributed by atoms with van der Waals surface area (Å²) in [6.07, 6.45) is 3.56. The summed E-state index contributed by atoms with van der Waals surface area (Å²) in [7, 11) is 0. The first-order chi connectivity index (χ1) is 8.15. The fourth-order valence-electron chi connectivity index (χ4n) is 2.14. The molecule has 1 atom stereocenters. The van der Waals surface area contributed by atoms with Gasteiger partial charge in [-0.2, -0.15) is 0 Å². The maximum atomic E-state index is 11.5. The fraction of sp³-hybridized carbons (Fsp3) is 0.667. The molecule has 0 bridgehead atoms. The number of aryl methyl sites for hydroxylation is 1. The van der Waals surface area contributed by atoms with E-state index in [-0.39, 0.29) is 5.91 Å². The number of rotatable bonds is 5. The molecule has 5 nitrogen and oxygen atoms in total. The lowest BCUT2D eigenvalue weighted by molar-refractivity contribution is -0.127. The summed E-state index contributed by atoms with van der Waals surface area (Å²) in [5, 5.41) is 3.39. The Kier molecular flexibility index (Phi) is 3.78. The minimum absolute atomic E-state index is 0.288. The Balaban J connectivity index is 1.73. The van der Waals surface area contributed by atoms with Crippen LogP contribution >= 0.6 is 0 Å². The molecular formula is C12H20N4O. The second kappa shape index (κ2) is 5.31. The smallest absolute Gasteiger partial charge is 0.222 e. The summed E-state index contributed by atoms with van der Waals surface area (Å²) < 4.78 is 0. The molecule has 1 amide bonds. The van der Waals surface area contributed by atoms with Crippen molar-refractivity contribution in [3.8, 4) is 0 Å². The largest absolute Gasteiger partial charge is 0.345 e. The number of amides is 1. The summed E-state index contributed by atoms with van der Waals surface area (Å²) in [4.78, 5) is 20.7. The molecule has 1 aliphatic heterocycles. The van der Waals surface area contributed by atoms with E-state index in [0.29, 0.717) is 12.5 Å². The van der Waals surface area contributed by atoms with Gasteiger partial charge in [-0.25, -0.2) is 4.98 Å². The molecule has 2 rings (SSSR count).